The molecule has 176 valence electrons. The summed E-state index contributed by atoms with van der Waals surface area (Å²) in [6, 6.07) is 11.2. The average molecular weight is 496 g/mol. The van der Waals surface area contributed by atoms with Crippen molar-refractivity contribution >= 4 is 51.3 Å². The van der Waals surface area contributed by atoms with E-state index in [4.69, 9.17) is 11.6 Å². The van der Waals surface area contributed by atoms with Crippen LogP contribution in [0.1, 0.15) is 34.5 Å². The fourth-order valence-corrected chi connectivity index (χ4v) is 4.33. The number of halogens is 1. The van der Waals surface area contributed by atoms with Gasteiger partial charge in [-0.05, 0) is 49.9 Å². The normalized spacial score (nSPS) is 10.8. The van der Waals surface area contributed by atoms with Crippen LogP contribution < -0.4 is 16.0 Å². The van der Waals surface area contributed by atoms with E-state index in [0.29, 0.717) is 26.5 Å². The molecule has 0 aliphatic rings. The zero-order valence-electron chi connectivity index (χ0n) is 18.8. The molecule has 34 heavy (non-hydrogen) atoms. The number of unbranched alkanes of at least 4 members (excludes halogenated alkanes) is 2. The highest BCUT2D eigenvalue weighted by Gasteiger charge is 2.14. The first-order valence-corrected chi connectivity index (χ1v) is 12.2. The molecule has 10 heteroatoms. The summed E-state index contributed by atoms with van der Waals surface area (Å²) < 4.78 is 2.09. The molecule has 0 bridgehead atoms. The molecule has 0 aliphatic carbocycles. The average Bonchev–Trinajstić information content (AvgIpc) is 3.51. The maximum Gasteiger partial charge on any atom is 0.267 e. The Kier molecular flexibility index (Phi) is 8.11. The van der Waals surface area contributed by atoms with Gasteiger partial charge in [-0.2, -0.15) is 0 Å². The van der Waals surface area contributed by atoms with Crippen molar-refractivity contribution in [3.63, 3.8) is 0 Å². The molecule has 0 fully saturated rings. The van der Waals surface area contributed by atoms with Gasteiger partial charge in [0.25, 0.3) is 5.91 Å². The highest BCUT2D eigenvalue weighted by atomic mass is 35.5. The predicted octanol–water partition coefficient (Wildman–Crippen LogP) is 5.97. The van der Waals surface area contributed by atoms with Crippen LogP contribution >= 0.6 is 22.9 Å². The zero-order valence-corrected chi connectivity index (χ0v) is 20.4. The summed E-state index contributed by atoms with van der Waals surface area (Å²) >= 11 is 7.47. The molecule has 3 N–H and O–H groups in total. The van der Waals surface area contributed by atoms with Crippen molar-refractivity contribution in [2.75, 3.05) is 22.5 Å². The summed E-state index contributed by atoms with van der Waals surface area (Å²) in [5, 5.41) is 10.5. The summed E-state index contributed by atoms with van der Waals surface area (Å²) in [6.07, 6.45) is 10.5. The van der Waals surface area contributed by atoms with Gasteiger partial charge in [0.15, 0.2) is 5.13 Å². The van der Waals surface area contributed by atoms with Gasteiger partial charge < -0.3 is 20.5 Å². The minimum atomic E-state index is -0.252. The number of benzene rings is 1. The van der Waals surface area contributed by atoms with Gasteiger partial charge in [0.2, 0.25) is 0 Å². The van der Waals surface area contributed by atoms with Crippen molar-refractivity contribution in [1.29, 1.82) is 0 Å². The van der Waals surface area contributed by atoms with Crippen LogP contribution in [-0.2, 0) is 6.54 Å². The molecule has 0 spiro atoms. The molecule has 8 nitrogen and oxygen atoms in total. The number of anilines is 4. The molecule has 0 saturated carbocycles. The number of imidazole rings is 1. The quantitative estimate of drug-likeness (QED) is 0.222. The molecule has 4 aromatic rings. The third kappa shape index (κ3) is 6.55. The Labute approximate surface area is 207 Å². The number of hydrogen-bond acceptors (Lipinski definition) is 7. The SMILES string of the molecule is Cc1cccc(Cl)c1NC(=O)c1cnc(Nc2cccc(NCCCCCn3ccnc3)n2)s1. The molecule has 0 saturated heterocycles. The van der Waals surface area contributed by atoms with Crippen molar-refractivity contribution in [2.24, 2.45) is 0 Å². The minimum Gasteiger partial charge on any atom is -0.370 e. The number of thiazole rings is 1. The third-order valence-electron chi connectivity index (χ3n) is 5.13. The Bertz CT molecular complexity index is 1210. The number of pyridine rings is 1. The second-order valence-electron chi connectivity index (χ2n) is 7.74. The lowest BCUT2D eigenvalue weighted by Gasteiger charge is -2.09. The van der Waals surface area contributed by atoms with Gasteiger partial charge in [0, 0.05) is 25.5 Å². The number of hydrogen-bond donors (Lipinski definition) is 3. The van der Waals surface area contributed by atoms with Crippen LogP contribution in [-0.4, -0.2) is 32.0 Å². The number of para-hydroxylation sites is 1. The lowest BCUT2D eigenvalue weighted by Crippen LogP contribution is -2.11. The number of amides is 1. The number of nitrogens with one attached hydrogen (secondary N) is 3. The van der Waals surface area contributed by atoms with E-state index in [2.05, 4.69) is 35.5 Å². The van der Waals surface area contributed by atoms with Gasteiger partial charge in [0.1, 0.15) is 16.5 Å². The highest BCUT2D eigenvalue weighted by molar-refractivity contribution is 7.17. The van der Waals surface area contributed by atoms with Crippen molar-refractivity contribution in [2.45, 2.75) is 32.7 Å². The Morgan fingerprint density at radius 3 is 2.79 bits per heavy atom. The number of aryl methyl sites for hydroxylation is 2. The van der Waals surface area contributed by atoms with Crippen molar-refractivity contribution < 1.29 is 4.79 Å². The number of nitrogens with zero attached hydrogens (tertiary/aromatic N) is 4. The summed E-state index contributed by atoms with van der Waals surface area (Å²) in [4.78, 5) is 26.1. The Hall–Kier alpha value is -3.43. The molecule has 0 unspecified atom stereocenters. The summed E-state index contributed by atoms with van der Waals surface area (Å²) in [6.45, 7) is 3.74. The smallest absolute Gasteiger partial charge is 0.267 e. The van der Waals surface area contributed by atoms with Gasteiger partial charge in [-0.3, -0.25) is 4.79 Å². The van der Waals surface area contributed by atoms with Crippen LogP contribution in [0.3, 0.4) is 0 Å². The van der Waals surface area contributed by atoms with E-state index in [1.165, 1.54) is 11.3 Å². The minimum absolute atomic E-state index is 0.252. The number of aromatic nitrogens is 4. The van der Waals surface area contributed by atoms with Crippen molar-refractivity contribution in [1.82, 2.24) is 19.5 Å². The van der Waals surface area contributed by atoms with Gasteiger partial charge in [0.05, 0.1) is 23.2 Å². The predicted molar refractivity (Wildman–Crippen MR) is 138 cm³/mol. The van der Waals surface area contributed by atoms with Crippen LogP contribution in [0.4, 0.5) is 22.5 Å². The maximum atomic E-state index is 12.6. The number of carbonyl (C=O) groups excluding carboxylic acids is 1. The van der Waals surface area contributed by atoms with Crippen LogP contribution in [0.25, 0.3) is 0 Å². The van der Waals surface area contributed by atoms with E-state index in [1.807, 2.05) is 49.8 Å². The van der Waals surface area contributed by atoms with Crippen LogP contribution in [0, 0.1) is 6.92 Å². The zero-order chi connectivity index (χ0) is 23.8. The first-order valence-electron chi connectivity index (χ1n) is 11.0. The standard InChI is InChI=1S/C24H26ClN7OS/c1-17-7-5-8-18(25)22(17)31-23(33)19-15-28-24(34-19)30-21-10-6-9-20(29-21)27-11-3-2-4-13-32-14-12-26-16-32/h5-10,12,14-16H,2-4,11,13H2,1H3,(H,31,33)(H2,27,28,29,30). The lowest BCUT2D eigenvalue weighted by atomic mass is 10.2. The van der Waals surface area contributed by atoms with Gasteiger partial charge >= 0.3 is 0 Å². The van der Waals surface area contributed by atoms with E-state index in [0.717, 1.165) is 43.7 Å². The first-order chi connectivity index (χ1) is 16.6. The molecule has 0 atom stereocenters. The van der Waals surface area contributed by atoms with Crippen LogP contribution in [0.5, 0.6) is 0 Å². The van der Waals surface area contributed by atoms with Gasteiger partial charge in [-0.15, -0.1) is 0 Å². The van der Waals surface area contributed by atoms with E-state index in [1.54, 1.807) is 18.5 Å². The largest absolute Gasteiger partial charge is 0.370 e. The monoisotopic (exact) mass is 495 g/mol. The lowest BCUT2D eigenvalue weighted by molar-refractivity contribution is 0.103. The first kappa shape index (κ1) is 23.7. The van der Waals surface area contributed by atoms with Crippen molar-refractivity contribution in [3.8, 4) is 0 Å². The summed E-state index contributed by atoms with van der Waals surface area (Å²) in [7, 11) is 0. The molecular formula is C24H26ClN7OS. The summed E-state index contributed by atoms with van der Waals surface area (Å²) in [5.41, 5.74) is 1.51. The molecule has 3 aromatic heterocycles. The molecule has 4 rings (SSSR count). The molecule has 1 aromatic carbocycles. The Morgan fingerprint density at radius 2 is 1.97 bits per heavy atom. The maximum absolute atomic E-state index is 12.6. The summed E-state index contributed by atoms with van der Waals surface area (Å²) in [5.74, 6) is 1.20. The molecule has 0 aliphatic heterocycles. The van der Waals surface area contributed by atoms with Gasteiger partial charge in [-0.25, -0.2) is 15.0 Å². The van der Waals surface area contributed by atoms with Crippen LogP contribution in [0.15, 0.2) is 61.3 Å². The molecule has 3 heterocycles. The number of rotatable bonds is 11. The fourth-order valence-electron chi connectivity index (χ4n) is 3.35. The second-order valence-corrected chi connectivity index (χ2v) is 9.17. The van der Waals surface area contributed by atoms with Crippen molar-refractivity contribution in [3.05, 3.63) is 76.8 Å². The number of carbonyl (C=O) groups is 1. The third-order valence-corrected chi connectivity index (χ3v) is 6.36. The fraction of sp³-hybridized carbons (Fsp3) is 0.250. The molecule has 0 radical (unpaired) electrons. The molecule has 1 amide bonds. The van der Waals surface area contributed by atoms with E-state index < -0.39 is 0 Å². The van der Waals surface area contributed by atoms with Gasteiger partial charge in [-0.1, -0.05) is 41.1 Å². The topological polar surface area (TPSA) is 96.8 Å². The molecular weight excluding hydrogens is 470 g/mol. The second kappa shape index (κ2) is 11.6. The Balaban J connectivity index is 1.25. The highest BCUT2D eigenvalue weighted by Crippen LogP contribution is 2.28. The van der Waals surface area contributed by atoms with E-state index in [-0.39, 0.29) is 5.91 Å². The van der Waals surface area contributed by atoms with E-state index in [9.17, 15) is 4.79 Å². The van der Waals surface area contributed by atoms with Crippen LogP contribution in [0.2, 0.25) is 5.02 Å². The van der Waals surface area contributed by atoms with E-state index >= 15 is 0 Å². The Morgan fingerprint density at radius 1 is 1.12 bits per heavy atom.